The third-order valence-corrected chi connectivity index (χ3v) is 6.17. The van der Waals surface area contributed by atoms with Gasteiger partial charge in [0.15, 0.2) is 4.96 Å². The minimum Gasteiger partial charge on any atom is -0.308 e. The van der Waals surface area contributed by atoms with E-state index in [1.165, 1.54) is 11.3 Å². The minimum atomic E-state index is -0.189. The van der Waals surface area contributed by atoms with Crippen LogP contribution in [-0.2, 0) is 4.79 Å². The van der Waals surface area contributed by atoms with Gasteiger partial charge in [-0.25, -0.2) is 9.38 Å². The Labute approximate surface area is 160 Å². The summed E-state index contributed by atoms with van der Waals surface area (Å²) >= 11 is 4.74. The lowest BCUT2D eigenvalue weighted by Crippen LogP contribution is -2.32. The van der Waals surface area contributed by atoms with Gasteiger partial charge in [-0.2, -0.15) is 0 Å². The number of carbonyl (C=O) groups excluding carboxylic acids is 1. The van der Waals surface area contributed by atoms with Gasteiger partial charge in [-0.1, -0.05) is 39.4 Å². The van der Waals surface area contributed by atoms with Crippen LogP contribution in [0.25, 0.3) is 21.6 Å². The van der Waals surface area contributed by atoms with Gasteiger partial charge in [-0.05, 0) is 37.3 Å². The molecule has 26 heavy (non-hydrogen) atoms. The van der Waals surface area contributed by atoms with Crippen LogP contribution in [0, 0.1) is 0 Å². The van der Waals surface area contributed by atoms with Crippen molar-refractivity contribution in [3.8, 4) is 0 Å². The van der Waals surface area contributed by atoms with Gasteiger partial charge < -0.3 is 4.90 Å². The molecule has 2 aromatic carbocycles. The average Bonchev–Trinajstić information content (AvgIpc) is 3.23. The molecule has 2 aromatic heterocycles. The number of fused-ring (bicyclic) bond motifs is 4. The first kappa shape index (κ1) is 15.7. The summed E-state index contributed by atoms with van der Waals surface area (Å²) in [5.41, 5.74) is 3.45. The number of halogens is 1. The Hall–Kier alpha value is -2.51. The smallest absolute Gasteiger partial charge is 0.275 e. The fraction of sp³-hybridized carbons (Fsp3) is 0.105. The van der Waals surface area contributed by atoms with Gasteiger partial charge in [-0.15, -0.1) is 0 Å². The number of thiazole rings is 1. The van der Waals surface area contributed by atoms with Crippen molar-refractivity contribution in [1.29, 1.82) is 0 Å². The van der Waals surface area contributed by atoms with Gasteiger partial charge in [-0.3, -0.25) is 9.59 Å². The van der Waals surface area contributed by atoms with Crippen molar-refractivity contribution in [2.45, 2.75) is 6.92 Å². The number of hydrogen-bond donors (Lipinski definition) is 0. The molecule has 0 bridgehead atoms. The minimum absolute atomic E-state index is 0.133. The van der Waals surface area contributed by atoms with E-state index in [9.17, 15) is 9.59 Å². The topological polar surface area (TPSA) is 54.7 Å². The van der Waals surface area contributed by atoms with Crippen LogP contribution in [0.2, 0.25) is 0 Å². The van der Waals surface area contributed by atoms with E-state index in [1.807, 2.05) is 49.4 Å². The lowest BCUT2D eigenvalue weighted by Gasteiger charge is -2.13. The van der Waals surface area contributed by atoms with Crippen LogP contribution in [0.1, 0.15) is 12.5 Å². The fourth-order valence-electron chi connectivity index (χ4n) is 3.50. The highest BCUT2D eigenvalue weighted by molar-refractivity contribution is 9.10. The molecule has 0 radical (unpaired) electrons. The molecule has 0 N–H and O–H groups in total. The molecule has 1 amide bonds. The molecule has 0 spiro atoms. The van der Waals surface area contributed by atoms with Crippen molar-refractivity contribution in [2.24, 2.45) is 0 Å². The Morgan fingerprint density at radius 1 is 1.15 bits per heavy atom. The van der Waals surface area contributed by atoms with Gasteiger partial charge in [0.2, 0.25) is 0 Å². The van der Waals surface area contributed by atoms with Gasteiger partial charge in [0.25, 0.3) is 11.5 Å². The Morgan fingerprint density at radius 3 is 2.77 bits per heavy atom. The van der Waals surface area contributed by atoms with E-state index < -0.39 is 0 Å². The predicted octanol–water partition coefficient (Wildman–Crippen LogP) is 2.96. The largest absolute Gasteiger partial charge is 0.308 e. The quantitative estimate of drug-likeness (QED) is 0.471. The molecule has 0 unspecified atom stereocenters. The van der Waals surface area contributed by atoms with Crippen LogP contribution in [-0.4, -0.2) is 21.8 Å². The molecular weight excluding hydrogens is 414 g/mol. The first-order valence-corrected chi connectivity index (χ1v) is 9.77. The normalized spacial score (nSPS) is 16.1. The van der Waals surface area contributed by atoms with E-state index in [0.29, 0.717) is 21.6 Å². The molecule has 5 rings (SSSR count). The molecule has 128 valence electrons. The lowest BCUT2D eigenvalue weighted by molar-refractivity contribution is -0.113. The Kier molecular flexibility index (Phi) is 3.32. The van der Waals surface area contributed by atoms with E-state index in [4.69, 9.17) is 0 Å². The highest BCUT2D eigenvalue weighted by Gasteiger charge is 2.33. The van der Waals surface area contributed by atoms with Crippen LogP contribution in [0.15, 0.2) is 51.7 Å². The molecule has 3 heterocycles. The summed E-state index contributed by atoms with van der Waals surface area (Å²) in [6, 6.07) is 13.2. The van der Waals surface area contributed by atoms with E-state index >= 15 is 0 Å². The standard InChI is InChI=1S/C19H12BrN3O2S/c1-2-22-13-8-7-10(20)9-11(13)15(17(22)24)16-18(25)23-14-6-4-3-5-12(14)21-19(23)26-16/h3-9H,2H2,1H3/b16-15+. The molecular formula is C19H12BrN3O2S. The number of carbonyl (C=O) groups is 1. The van der Waals surface area contributed by atoms with Crippen molar-refractivity contribution < 1.29 is 4.79 Å². The SMILES string of the molecule is CCN1C(=O)/C(=c2/sc3nc4ccccc4n3c2=O)c2cc(Br)ccc21. The molecule has 7 heteroatoms. The van der Waals surface area contributed by atoms with E-state index in [0.717, 1.165) is 26.8 Å². The van der Waals surface area contributed by atoms with Crippen molar-refractivity contribution in [3.63, 3.8) is 0 Å². The number of rotatable bonds is 1. The second kappa shape index (κ2) is 5.49. The summed E-state index contributed by atoms with van der Waals surface area (Å²) in [6.45, 7) is 2.48. The highest BCUT2D eigenvalue weighted by atomic mass is 79.9. The summed E-state index contributed by atoms with van der Waals surface area (Å²) in [7, 11) is 0. The summed E-state index contributed by atoms with van der Waals surface area (Å²) in [6.07, 6.45) is 0. The van der Waals surface area contributed by atoms with E-state index in [1.54, 1.807) is 9.30 Å². The van der Waals surface area contributed by atoms with Gasteiger partial charge in [0.1, 0.15) is 4.53 Å². The van der Waals surface area contributed by atoms with Crippen molar-refractivity contribution >= 4 is 60.4 Å². The molecule has 0 saturated heterocycles. The molecule has 0 fully saturated rings. The second-order valence-corrected chi connectivity index (χ2v) is 7.93. The molecule has 1 aliphatic rings. The Balaban J connectivity index is 1.93. The first-order chi connectivity index (χ1) is 12.6. The number of likely N-dealkylation sites (N-methyl/N-ethyl adjacent to an activating group) is 1. The summed E-state index contributed by atoms with van der Waals surface area (Å²) in [5, 5.41) is 0. The van der Waals surface area contributed by atoms with Gasteiger partial charge >= 0.3 is 0 Å². The lowest BCUT2D eigenvalue weighted by atomic mass is 10.1. The van der Waals surface area contributed by atoms with Crippen molar-refractivity contribution in [3.05, 3.63) is 67.4 Å². The number of benzene rings is 2. The van der Waals surface area contributed by atoms with Crippen LogP contribution >= 0.6 is 27.3 Å². The first-order valence-electron chi connectivity index (χ1n) is 8.16. The number of nitrogens with zero attached hydrogens (tertiary/aromatic N) is 3. The zero-order valence-corrected chi connectivity index (χ0v) is 16.1. The third-order valence-electron chi connectivity index (χ3n) is 4.64. The van der Waals surface area contributed by atoms with Crippen molar-refractivity contribution in [1.82, 2.24) is 9.38 Å². The van der Waals surface area contributed by atoms with Crippen LogP contribution in [0.3, 0.4) is 0 Å². The Morgan fingerprint density at radius 2 is 1.96 bits per heavy atom. The number of para-hydroxylation sites is 2. The maximum Gasteiger partial charge on any atom is 0.275 e. The number of hydrogen-bond acceptors (Lipinski definition) is 4. The van der Waals surface area contributed by atoms with E-state index in [-0.39, 0.29) is 11.5 Å². The molecule has 0 saturated carbocycles. The number of amides is 1. The number of anilines is 1. The molecule has 4 aromatic rings. The molecule has 1 aliphatic heterocycles. The molecule has 5 nitrogen and oxygen atoms in total. The maximum atomic E-state index is 13.2. The maximum absolute atomic E-state index is 13.2. The highest BCUT2D eigenvalue weighted by Crippen LogP contribution is 2.37. The summed E-state index contributed by atoms with van der Waals surface area (Å²) in [4.78, 5) is 33.0. The number of aromatic nitrogens is 2. The van der Waals surface area contributed by atoms with E-state index in [2.05, 4.69) is 20.9 Å². The Bertz CT molecular complexity index is 1340. The fourth-order valence-corrected chi connectivity index (χ4v) is 4.94. The zero-order chi connectivity index (χ0) is 18.0. The third kappa shape index (κ3) is 1.98. The van der Waals surface area contributed by atoms with Crippen molar-refractivity contribution in [2.75, 3.05) is 11.4 Å². The second-order valence-electron chi connectivity index (χ2n) is 6.04. The van der Waals surface area contributed by atoms with Crippen LogP contribution in [0.5, 0.6) is 0 Å². The molecule has 0 atom stereocenters. The number of imidazole rings is 1. The summed E-state index contributed by atoms with van der Waals surface area (Å²) in [5.74, 6) is -0.133. The van der Waals surface area contributed by atoms with Crippen LogP contribution < -0.4 is 15.0 Å². The zero-order valence-electron chi connectivity index (χ0n) is 13.7. The monoisotopic (exact) mass is 425 g/mol. The van der Waals surface area contributed by atoms with Gasteiger partial charge in [0.05, 0.1) is 22.3 Å². The predicted molar refractivity (Wildman–Crippen MR) is 107 cm³/mol. The summed E-state index contributed by atoms with van der Waals surface area (Å²) < 4.78 is 2.92. The van der Waals surface area contributed by atoms with Crippen LogP contribution in [0.4, 0.5) is 5.69 Å². The molecule has 0 aliphatic carbocycles. The average molecular weight is 426 g/mol. The van der Waals surface area contributed by atoms with Gasteiger partial charge in [0, 0.05) is 16.6 Å².